The van der Waals surface area contributed by atoms with Gasteiger partial charge in [0.25, 0.3) is 5.69 Å². The van der Waals surface area contributed by atoms with Gasteiger partial charge in [-0.05, 0) is 47.8 Å². The molecule has 27 heavy (non-hydrogen) atoms. The lowest BCUT2D eigenvalue weighted by Gasteiger charge is -2.22. The normalized spacial score (nSPS) is 22.4. The van der Waals surface area contributed by atoms with E-state index >= 15 is 0 Å². The van der Waals surface area contributed by atoms with E-state index in [-0.39, 0.29) is 16.5 Å². The van der Waals surface area contributed by atoms with Crippen LogP contribution in [0.1, 0.15) is 61.5 Å². The number of nitrogens with zero attached hydrogens (tertiary/aromatic N) is 1. The molecule has 2 aliphatic carbocycles. The molecule has 2 atom stereocenters. The van der Waals surface area contributed by atoms with Crippen molar-refractivity contribution in [3.05, 3.63) is 63.7 Å². The van der Waals surface area contributed by atoms with Gasteiger partial charge in [0, 0.05) is 6.07 Å². The predicted molar refractivity (Wildman–Crippen MR) is 103 cm³/mol. The van der Waals surface area contributed by atoms with Crippen LogP contribution in [-0.2, 0) is 4.79 Å². The highest BCUT2D eigenvalue weighted by molar-refractivity contribution is 5.81. The fourth-order valence-electron chi connectivity index (χ4n) is 4.50. The molecule has 4 rings (SSSR count). The lowest BCUT2D eigenvalue weighted by molar-refractivity contribution is -0.384. The number of rotatable bonds is 5. The van der Waals surface area contributed by atoms with Crippen LogP contribution < -0.4 is 0 Å². The molecule has 0 spiro atoms. The van der Waals surface area contributed by atoms with Crippen molar-refractivity contribution in [3.63, 3.8) is 0 Å². The Morgan fingerprint density at radius 2 is 1.74 bits per heavy atom. The van der Waals surface area contributed by atoms with E-state index in [0.717, 1.165) is 11.1 Å². The molecule has 0 heterocycles. The van der Waals surface area contributed by atoms with Crippen molar-refractivity contribution in [1.29, 1.82) is 0 Å². The Labute approximate surface area is 158 Å². The summed E-state index contributed by atoms with van der Waals surface area (Å²) in [5.74, 6) is -0.828. The summed E-state index contributed by atoms with van der Waals surface area (Å²) in [5, 5.41) is 20.9. The molecule has 0 bridgehead atoms. The molecule has 5 heteroatoms. The number of hydrogen-bond acceptors (Lipinski definition) is 3. The van der Waals surface area contributed by atoms with Crippen LogP contribution in [0, 0.1) is 16.0 Å². The molecule has 0 saturated heterocycles. The van der Waals surface area contributed by atoms with Crippen LogP contribution in [0.15, 0.2) is 42.5 Å². The molecule has 2 saturated carbocycles. The molecule has 0 amide bonds. The van der Waals surface area contributed by atoms with E-state index in [0.29, 0.717) is 17.9 Å². The van der Waals surface area contributed by atoms with Gasteiger partial charge < -0.3 is 5.11 Å². The lowest BCUT2D eigenvalue weighted by Crippen LogP contribution is -2.04. The van der Waals surface area contributed by atoms with Gasteiger partial charge in [-0.2, -0.15) is 0 Å². The summed E-state index contributed by atoms with van der Waals surface area (Å²) in [6, 6.07) is 13.1. The fraction of sp³-hybridized carbons (Fsp3) is 0.409. The van der Waals surface area contributed by atoms with Crippen LogP contribution in [0.4, 0.5) is 5.69 Å². The molecule has 2 unspecified atom stereocenters. The van der Waals surface area contributed by atoms with E-state index in [1.807, 2.05) is 18.2 Å². The van der Waals surface area contributed by atoms with E-state index in [1.54, 1.807) is 6.07 Å². The highest BCUT2D eigenvalue weighted by Crippen LogP contribution is 2.52. The Morgan fingerprint density at radius 1 is 1.04 bits per heavy atom. The zero-order chi connectivity index (χ0) is 19.0. The minimum Gasteiger partial charge on any atom is -0.481 e. The van der Waals surface area contributed by atoms with Gasteiger partial charge in [0.2, 0.25) is 0 Å². The first kappa shape index (κ1) is 17.7. The Hall–Kier alpha value is -2.69. The predicted octanol–water partition coefficient (Wildman–Crippen LogP) is 5.50. The third kappa shape index (κ3) is 3.46. The average Bonchev–Trinajstić information content (AvgIpc) is 3.49. The number of nitro groups is 1. The van der Waals surface area contributed by atoms with Gasteiger partial charge in [-0.3, -0.25) is 14.9 Å². The van der Waals surface area contributed by atoms with Crippen molar-refractivity contribution in [2.45, 2.75) is 50.4 Å². The van der Waals surface area contributed by atoms with E-state index < -0.39 is 11.9 Å². The summed E-state index contributed by atoms with van der Waals surface area (Å²) >= 11 is 0. The SMILES string of the molecule is O=C(O)C1CC1c1cccc([N+](=O)[O-])c1-c1ccc(C2CCCCC2)cc1. The summed E-state index contributed by atoms with van der Waals surface area (Å²) in [6.07, 6.45) is 6.79. The van der Waals surface area contributed by atoms with Crippen LogP contribution in [0.5, 0.6) is 0 Å². The van der Waals surface area contributed by atoms with Gasteiger partial charge in [-0.25, -0.2) is 0 Å². The molecular weight excluding hydrogens is 342 g/mol. The van der Waals surface area contributed by atoms with E-state index in [4.69, 9.17) is 0 Å². The van der Waals surface area contributed by atoms with Crippen molar-refractivity contribution in [2.24, 2.45) is 5.92 Å². The standard InChI is InChI=1S/C22H23NO4/c24-22(25)19-13-18(19)17-7-4-8-20(23(26)27)21(17)16-11-9-15(10-12-16)14-5-2-1-3-6-14/h4,7-12,14,18-19H,1-3,5-6,13H2,(H,24,25). The van der Waals surface area contributed by atoms with Gasteiger partial charge >= 0.3 is 5.97 Å². The maximum absolute atomic E-state index is 11.6. The van der Waals surface area contributed by atoms with Crippen LogP contribution in [0.25, 0.3) is 11.1 Å². The number of carboxylic acid groups (broad SMARTS) is 1. The molecular formula is C22H23NO4. The highest BCUT2D eigenvalue weighted by atomic mass is 16.6. The molecule has 2 aromatic carbocycles. The number of carboxylic acids is 1. The first-order valence-corrected chi connectivity index (χ1v) is 9.66. The topological polar surface area (TPSA) is 80.4 Å². The van der Waals surface area contributed by atoms with E-state index in [2.05, 4.69) is 12.1 Å². The minimum atomic E-state index is -0.829. The zero-order valence-corrected chi connectivity index (χ0v) is 15.1. The molecule has 2 fully saturated rings. The van der Waals surface area contributed by atoms with Crippen LogP contribution in [0.2, 0.25) is 0 Å². The molecule has 0 radical (unpaired) electrons. The quantitative estimate of drug-likeness (QED) is 0.560. The number of nitro benzene ring substituents is 1. The average molecular weight is 365 g/mol. The van der Waals surface area contributed by atoms with Crippen LogP contribution in [-0.4, -0.2) is 16.0 Å². The molecule has 5 nitrogen and oxygen atoms in total. The monoisotopic (exact) mass is 365 g/mol. The Kier molecular flexibility index (Phi) is 4.68. The Balaban J connectivity index is 1.71. The van der Waals surface area contributed by atoms with E-state index in [1.165, 1.54) is 43.7 Å². The van der Waals surface area contributed by atoms with Crippen molar-refractivity contribution in [1.82, 2.24) is 0 Å². The number of benzene rings is 2. The van der Waals surface area contributed by atoms with Gasteiger partial charge in [0.1, 0.15) is 0 Å². The minimum absolute atomic E-state index is 0.0500. The van der Waals surface area contributed by atoms with Crippen molar-refractivity contribution >= 4 is 11.7 Å². The van der Waals surface area contributed by atoms with Gasteiger partial charge in [-0.15, -0.1) is 0 Å². The third-order valence-corrected chi connectivity index (χ3v) is 6.05. The van der Waals surface area contributed by atoms with Crippen LogP contribution >= 0.6 is 0 Å². The number of hydrogen-bond donors (Lipinski definition) is 1. The fourth-order valence-corrected chi connectivity index (χ4v) is 4.50. The number of aliphatic carboxylic acids is 1. The second-order valence-corrected chi connectivity index (χ2v) is 7.74. The summed E-state index contributed by atoms with van der Waals surface area (Å²) in [7, 11) is 0. The first-order chi connectivity index (χ1) is 13.1. The molecule has 2 aromatic rings. The molecule has 140 valence electrons. The van der Waals surface area contributed by atoms with E-state index in [9.17, 15) is 20.0 Å². The summed E-state index contributed by atoms with van der Waals surface area (Å²) in [6.45, 7) is 0. The third-order valence-electron chi connectivity index (χ3n) is 6.05. The van der Waals surface area contributed by atoms with Gasteiger partial charge in [0.15, 0.2) is 0 Å². The van der Waals surface area contributed by atoms with Crippen LogP contribution in [0.3, 0.4) is 0 Å². The molecule has 1 N–H and O–H groups in total. The maximum Gasteiger partial charge on any atom is 0.307 e. The summed E-state index contributed by atoms with van der Waals surface area (Å²) < 4.78 is 0. The van der Waals surface area contributed by atoms with Crippen molar-refractivity contribution < 1.29 is 14.8 Å². The maximum atomic E-state index is 11.6. The second-order valence-electron chi connectivity index (χ2n) is 7.74. The largest absolute Gasteiger partial charge is 0.481 e. The summed E-state index contributed by atoms with van der Waals surface area (Å²) in [4.78, 5) is 22.5. The second kappa shape index (κ2) is 7.14. The van der Waals surface area contributed by atoms with Crippen molar-refractivity contribution in [3.8, 4) is 11.1 Å². The van der Waals surface area contributed by atoms with Gasteiger partial charge in [-0.1, -0.05) is 55.7 Å². The zero-order valence-electron chi connectivity index (χ0n) is 15.1. The number of carbonyl (C=O) groups is 1. The Morgan fingerprint density at radius 3 is 2.33 bits per heavy atom. The first-order valence-electron chi connectivity index (χ1n) is 9.66. The van der Waals surface area contributed by atoms with Crippen molar-refractivity contribution in [2.75, 3.05) is 0 Å². The highest BCUT2D eigenvalue weighted by Gasteiger charge is 2.46. The molecule has 2 aliphatic rings. The Bertz CT molecular complexity index is 868. The van der Waals surface area contributed by atoms with Gasteiger partial charge in [0.05, 0.1) is 16.4 Å². The summed E-state index contributed by atoms with van der Waals surface area (Å²) in [5.41, 5.74) is 3.50. The molecule has 0 aromatic heterocycles. The molecule has 0 aliphatic heterocycles. The smallest absolute Gasteiger partial charge is 0.307 e. The lowest BCUT2D eigenvalue weighted by atomic mass is 9.83.